The third kappa shape index (κ3) is 9.98. The zero-order valence-corrected chi connectivity index (χ0v) is 32.0. The maximum absolute atomic E-state index is 7.03. The molecule has 0 radical (unpaired) electrons. The molecule has 0 spiro atoms. The molecule has 4 aliphatic rings. The molecule has 3 unspecified atom stereocenters. The molecule has 4 saturated carbocycles. The highest BCUT2D eigenvalue weighted by Gasteiger charge is 2.66. The highest BCUT2D eigenvalue weighted by atomic mass is 16.5. The lowest BCUT2D eigenvalue weighted by molar-refractivity contribution is -0.227. The molecule has 0 aromatic rings. The first-order valence-electron chi connectivity index (χ1n) is 21.0. The lowest BCUT2D eigenvalue weighted by atomic mass is 9.43. The summed E-state index contributed by atoms with van der Waals surface area (Å²) in [6.07, 6.45) is 23.2. The van der Waals surface area contributed by atoms with E-state index < -0.39 is 0 Å². The van der Waals surface area contributed by atoms with E-state index in [0.29, 0.717) is 78.9 Å². The molecule has 7 heteroatoms. The van der Waals surface area contributed by atoms with Crippen molar-refractivity contribution >= 4 is 0 Å². The van der Waals surface area contributed by atoms with Gasteiger partial charge >= 0.3 is 0 Å². The van der Waals surface area contributed by atoms with E-state index in [0.717, 1.165) is 52.0 Å². The van der Waals surface area contributed by atoms with Gasteiger partial charge in [-0.2, -0.15) is 0 Å². The number of rotatable bonds is 24. The Bertz CT molecular complexity index is 879. The van der Waals surface area contributed by atoms with Crippen LogP contribution in [-0.4, -0.2) is 70.9 Å². The number of hydrogen-bond acceptors (Lipinski definition) is 7. The van der Waals surface area contributed by atoms with E-state index in [-0.39, 0.29) is 5.41 Å². The van der Waals surface area contributed by atoms with Crippen LogP contribution in [0.3, 0.4) is 0 Å². The van der Waals surface area contributed by atoms with Gasteiger partial charge in [0.25, 0.3) is 0 Å². The van der Waals surface area contributed by atoms with Crippen LogP contribution in [0, 0.1) is 46.3 Å². The van der Waals surface area contributed by atoms with E-state index in [1.165, 1.54) is 96.4 Å². The standard InChI is InChI=1S/C41H80N4O3/c1-5-6-7-8-9-10-23-45-24-11-15-31(2)34-16-17-35-39-36(30-38(41(34,35)4)48-27-14-22-44)40(3)19-18-33(46-25-12-20-42)28-32(40)29-37(39)47-26-13-21-43/h31-39,45H,5-30,42-44H2,1-4H3/t31?,32-,33+,34+,35-,36-,37?,38-,39?,40-,41+/m0/s1. The molecule has 4 fully saturated rings. The average Bonchev–Trinajstić information content (AvgIpc) is 3.44. The normalized spacial score (nSPS) is 36.8. The Hall–Kier alpha value is -0.280. The van der Waals surface area contributed by atoms with Gasteiger partial charge in [-0.1, -0.05) is 59.8 Å². The summed E-state index contributed by atoms with van der Waals surface area (Å²) in [6, 6.07) is 0. The van der Waals surface area contributed by atoms with Crippen LogP contribution >= 0.6 is 0 Å². The van der Waals surface area contributed by atoms with Gasteiger partial charge in [0.15, 0.2) is 0 Å². The molecule has 0 amide bonds. The Morgan fingerprint density at radius 3 is 2.10 bits per heavy atom. The molecule has 4 rings (SSSR count). The molecule has 0 aliphatic heterocycles. The van der Waals surface area contributed by atoms with Crippen LogP contribution in [0.15, 0.2) is 0 Å². The maximum Gasteiger partial charge on any atom is 0.0637 e. The van der Waals surface area contributed by atoms with E-state index in [1.807, 2.05) is 0 Å². The lowest BCUT2D eigenvalue weighted by Gasteiger charge is -2.65. The van der Waals surface area contributed by atoms with Gasteiger partial charge in [0, 0.05) is 25.2 Å². The highest BCUT2D eigenvalue weighted by molar-refractivity contribution is 5.15. The number of fused-ring (bicyclic) bond motifs is 5. The van der Waals surface area contributed by atoms with E-state index in [4.69, 9.17) is 31.4 Å². The summed E-state index contributed by atoms with van der Waals surface area (Å²) in [5.41, 5.74) is 18.3. The van der Waals surface area contributed by atoms with Gasteiger partial charge in [-0.25, -0.2) is 0 Å². The van der Waals surface area contributed by atoms with Crippen molar-refractivity contribution in [2.24, 2.45) is 63.5 Å². The minimum absolute atomic E-state index is 0.183. The smallest absolute Gasteiger partial charge is 0.0637 e. The van der Waals surface area contributed by atoms with Gasteiger partial charge in [0.2, 0.25) is 0 Å². The molecular weight excluding hydrogens is 596 g/mol. The van der Waals surface area contributed by atoms with Crippen LogP contribution in [0.25, 0.3) is 0 Å². The molecule has 282 valence electrons. The van der Waals surface area contributed by atoms with Crippen molar-refractivity contribution in [3.8, 4) is 0 Å². The van der Waals surface area contributed by atoms with Crippen molar-refractivity contribution in [3.05, 3.63) is 0 Å². The van der Waals surface area contributed by atoms with Crippen molar-refractivity contribution in [2.75, 3.05) is 52.5 Å². The zero-order valence-electron chi connectivity index (χ0n) is 32.0. The number of ether oxygens (including phenoxy) is 3. The summed E-state index contributed by atoms with van der Waals surface area (Å²) in [5, 5.41) is 3.77. The fourth-order valence-electron chi connectivity index (χ4n) is 11.5. The molecule has 0 aromatic carbocycles. The Morgan fingerprint density at radius 2 is 1.38 bits per heavy atom. The summed E-state index contributed by atoms with van der Waals surface area (Å²) in [4.78, 5) is 0. The van der Waals surface area contributed by atoms with E-state index >= 15 is 0 Å². The number of unbranched alkanes of at least 4 members (excludes halogenated alkanes) is 5. The van der Waals surface area contributed by atoms with Crippen LogP contribution in [0.5, 0.6) is 0 Å². The van der Waals surface area contributed by atoms with Gasteiger partial charge in [-0.05, 0) is 157 Å². The SMILES string of the molecule is CCCCCCCCNCCCC(C)[C@H]1CC[C@H]2C3C(OCCCN)C[C@@H]4C[C@H](OCCCN)CC[C@]4(C)[C@H]3C[C@H](OCCCN)[C@]12C. The minimum Gasteiger partial charge on any atom is -0.378 e. The van der Waals surface area contributed by atoms with Gasteiger partial charge in [0.05, 0.1) is 18.3 Å². The predicted octanol–water partition coefficient (Wildman–Crippen LogP) is 7.43. The summed E-state index contributed by atoms with van der Waals surface area (Å²) in [6.45, 7) is 17.0. The predicted molar refractivity (Wildman–Crippen MR) is 201 cm³/mol. The quantitative estimate of drug-likeness (QED) is 0.0786. The second-order valence-electron chi connectivity index (χ2n) is 17.1. The third-order valence-corrected chi connectivity index (χ3v) is 14.2. The lowest BCUT2D eigenvalue weighted by Crippen LogP contribution is -2.63. The Morgan fingerprint density at radius 1 is 0.708 bits per heavy atom. The number of hydrogen-bond donors (Lipinski definition) is 4. The summed E-state index contributed by atoms with van der Waals surface area (Å²) in [5.74, 6) is 3.92. The molecule has 4 aliphatic carbocycles. The summed E-state index contributed by atoms with van der Waals surface area (Å²) >= 11 is 0. The Balaban J connectivity index is 1.46. The fourth-order valence-corrected chi connectivity index (χ4v) is 11.5. The fraction of sp³-hybridized carbons (Fsp3) is 1.00. The van der Waals surface area contributed by atoms with Crippen LogP contribution < -0.4 is 22.5 Å². The van der Waals surface area contributed by atoms with Crippen molar-refractivity contribution in [3.63, 3.8) is 0 Å². The average molecular weight is 677 g/mol. The first kappa shape index (κ1) is 40.5. The third-order valence-electron chi connectivity index (χ3n) is 14.2. The van der Waals surface area contributed by atoms with Crippen molar-refractivity contribution in [1.29, 1.82) is 0 Å². The monoisotopic (exact) mass is 677 g/mol. The van der Waals surface area contributed by atoms with Crippen molar-refractivity contribution in [1.82, 2.24) is 5.32 Å². The van der Waals surface area contributed by atoms with E-state index in [2.05, 4.69) is 33.0 Å². The molecule has 7 nitrogen and oxygen atoms in total. The molecule has 0 heterocycles. The number of nitrogens with two attached hydrogens (primary N) is 3. The molecular formula is C41H80N4O3. The van der Waals surface area contributed by atoms with Crippen LogP contribution in [0.2, 0.25) is 0 Å². The molecule has 0 bridgehead atoms. The first-order chi connectivity index (χ1) is 23.3. The Kier molecular flexibility index (Phi) is 17.4. The topological polar surface area (TPSA) is 118 Å². The second kappa shape index (κ2) is 20.7. The molecule has 48 heavy (non-hydrogen) atoms. The van der Waals surface area contributed by atoms with Crippen molar-refractivity contribution < 1.29 is 14.2 Å². The highest BCUT2D eigenvalue weighted by Crippen LogP contribution is 2.69. The molecule has 7 N–H and O–H groups in total. The van der Waals surface area contributed by atoms with Crippen LogP contribution in [-0.2, 0) is 14.2 Å². The van der Waals surface area contributed by atoms with Crippen LogP contribution in [0.4, 0.5) is 0 Å². The molecule has 11 atom stereocenters. The minimum atomic E-state index is 0.183. The Labute approximate surface area is 296 Å². The zero-order chi connectivity index (χ0) is 34.4. The molecule has 0 aromatic heterocycles. The van der Waals surface area contributed by atoms with Gasteiger partial charge < -0.3 is 36.7 Å². The second-order valence-corrected chi connectivity index (χ2v) is 17.1. The van der Waals surface area contributed by atoms with Gasteiger partial charge in [0.1, 0.15) is 0 Å². The summed E-state index contributed by atoms with van der Waals surface area (Å²) in [7, 11) is 0. The number of nitrogens with one attached hydrogen (secondary N) is 1. The van der Waals surface area contributed by atoms with E-state index in [9.17, 15) is 0 Å². The van der Waals surface area contributed by atoms with Crippen molar-refractivity contribution in [2.45, 2.75) is 162 Å². The summed E-state index contributed by atoms with van der Waals surface area (Å²) < 4.78 is 20.4. The van der Waals surface area contributed by atoms with Gasteiger partial charge in [-0.3, -0.25) is 0 Å². The maximum atomic E-state index is 7.03. The van der Waals surface area contributed by atoms with Gasteiger partial charge in [-0.15, -0.1) is 0 Å². The largest absolute Gasteiger partial charge is 0.378 e. The molecule has 0 saturated heterocycles. The first-order valence-corrected chi connectivity index (χ1v) is 21.0. The van der Waals surface area contributed by atoms with Crippen LogP contribution in [0.1, 0.15) is 143 Å². The van der Waals surface area contributed by atoms with E-state index in [1.54, 1.807) is 0 Å².